The Morgan fingerprint density at radius 2 is 1.70 bits per heavy atom. The number of ether oxygens (including phenoxy) is 1. The molecular weight excluding hydrogens is 627 g/mol. The molecule has 3 amide bonds. The van der Waals surface area contributed by atoms with E-state index in [-0.39, 0.29) is 27.9 Å². The Balaban J connectivity index is 1.07. The first-order valence-electron chi connectivity index (χ1n) is 15.0. The number of aromatic nitrogens is 3. The number of anilines is 1. The molecule has 16 heteroatoms. The number of nitrogens with zero attached hydrogens (tertiary/aromatic N) is 5. The van der Waals surface area contributed by atoms with E-state index in [0.29, 0.717) is 68.0 Å². The fourth-order valence-corrected chi connectivity index (χ4v) is 6.69. The molecular formula is C30H34F3N7O5S. The van der Waals surface area contributed by atoms with Crippen LogP contribution in [0.25, 0.3) is 0 Å². The first-order chi connectivity index (χ1) is 22.0. The van der Waals surface area contributed by atoms with Crippen molar-refractivity contribution < 1.29 is 32.4 Å². The molecule has 1 aromatic heterocycles. The summed E-state index contributed by atoms with van der Waals surface area (Å²) in [5.41, 5.74) is -1.86. The van der Waals surface area contributed by atoms with Gasteiger partial charge in [0.2, 0.25) is 11.1 Å². The van der Waals surface area contributed by atoms with E-state index in [1.165, 1.54) is 0 Å². The van der Waals surface area contributed by atoms with E-state index < -0.39 is 28.5 Å². The van der Waals surface area contributed by atoms with Gasteiger partial charge in [-0.2, -0.15) is 18.2 Å². The van der Waals surface area contributed by atoms with Crippen molar-refractivity contribution in [2.24, 2.45) is 11.8 Å². The summed E-state index contributed by atoms with van der Waals surface area (Å²) in [5, 5.41) is 20.5. The number of carbonyl (C=O) groups is 2. The molecule has 2 aliphatic rings. The molecule has 1 unspecified atom stereocenters. The van der Waals surface area contributed by atoms with Crippen molar-refractivity contribution in [1.29, 1.82) is 0 Å². The molecule has 0 radical (unpaired) electrons. The van der Waals surface area contributed by atoms with Gasteiger partial charge in [0, 0.05) is 32.2 Å². The number of nitrogens with one attached hydrogen (secondary N) is 2. The Bertz CT molecular complexity index is 1520. The third kappa shape index (κ3) is 8.08. The number of hydrogen-bond acceptors (Lipinski definition) is 8. The van der Waals surface area contributed by atoms with E-state index in [0.717, 1.165) is 37.8 Å². The lowest BCUT2D eigenvalue weighted by molar-refractivity contribution is -0.388. The molecule has 2 N–H and O–H groups in total. The number of hydrogen-bond donors (Lipinski definition) is 2. The highest BCUT2D eigenvalue weighted by molar-refractivity contribution is 7.99. The van der Waals surface area contributed by atoms with Crippen LogP contribution in [0.4, 0.5) is 29.6 Å². The first-order valence-corrected chi connectivity index (χ1v) is 15.9. The average molecular weight is 662 g/mol. The molecule has 0 aliphatic carbocycles. The predicted octanol–water partition coefficient (Wildman–Crippen LogP) is 6.22. The van der Waals surface area contributed by atoms with Gasteiger partial charge in [0.05, 0.1) is 15.4 Å². The van der Waals surface area contributed by atoms with E-state index >= 15 is 0 Å². The Labute approximate surface area is 267 Å². The van der Waals surface area contributed by atoms with Gasteiger partial charge >= 0.3 is 12.2 Å². The number of amides is 3. The Morgan fingerprint density at radius 3 is 2.28 bits per heavy atom. The van der Waals surface area contributed by atoms with Crippen LogP contribution in [0.5, 0.6) is 5.75 Å². The van der Waals surface area contributed by atoms with Gasteiger partial charge in [0.1, 0.15) is 5.75 Å². The molecule has 5 rings (SSSR count). The summed E-state index contributed by atoms with van der Waals surface area (Å²) in [6, 6.07) is 11.2. The predicted molar refractivity (Wildman–Crippen MR) is 162 cm³/mol. The van der Waals surface area contributed by atoms with Gasteiger partial charge in [-0.25, -0.2) is 9.89 Å². The fourth-order valence-electron chi connectivity index (χ4n) is 5.89. The van der Waals surface area contributed by atoms with Crippen molar-refractivity contribution in [3.8, 4) is 5.75 Å². The molecule has 2 fully saturated rings. The van der Waals surface area contributed by atoms with E-state index in [2.05, 4.69) is 20.5 Å². The van der Waals surface area contributed by atoms with Crippen molar-refractivity contribution in [2.45, 2.75) is 61.4 Å². The summed E-state index contributed by atoms with van der Waals surface area (Å²) in [5.74, 6) is 1.62. The van der Waals surface area contributed by atoms with Gasteiger partial charge in [-0.1, -0.05) is 25.1 Å². The number of carbonyl (C=O) groups excluding carboxylic acids is 2. The maximum atomic E-state index is 13.1. The molecule has 0 spiro atoms. The number of halogens is 3. The van der Waals surface area contributed by atoms with Gasteiger partial charge in [0.25, 0.3) is 11.6 Å². The summed E-state index contributed by atoms with van der Waals surface area (Å²) < 4.78 is 44.9. The molecule has 3 heterocycles. The van der Waals surface area contributed by atoms with Crippen LogP contribution in [0.2, 0.25) is 0 Å². The van der Waals surface area contributed by atoms with Crippen molar-refractivity contribution in [2.75, 3.05) is 31.5 Å². The second-order valence-electron chi connectivity index (χ2n) is 11.3. The van der Waals surface area contributed by atoms with E-state index in [1.807, 2.05) is 42.2 Å². The summed E-state index contributed by atoms with van der Waals surface area (Å²) in [6.07, 6.45) is -1.18. The Kier molecular flexibility index (Phi) is 10.3. The SMILES string of the molecule is CCC(Oc1ccccc1)C(=O)N1CCC(C2CCN(C(=O)Nc3nc(Sc4ccc(C(F)(F)F)cc4[N+](=O)[O-])n[nH]3)CC2)CC1. The quantitative estimate of drug-likeness (QED) is 0.203. The minimum atomic E-state index is -4.72. The van der Waals surface area contributed by atoms with Crippen LogP contribution in [0.1, 0.15) is 44.6 Å². The van der Waals surface area contributed by atoms with Crippen LogP contribution in [0.15, 0.2) is 58.6 Å². The number of rotatable bonds is 9. The first kappa shape index (κ1) is 33.0. The van der Waals surface area contributed by atoms with Crippen molar-refractivity contribution in [1.82, 2.24) is 25.0 Å². The normalized spacial score (nSPS) is 17.0. The second kappa shape index (κ2) is 14.4. The average Bonchev–Trinajstić information content (AvgIpc) is 3.49. The number of aromatic amines is 1. The maximum absolute atomic E-state index is 13.1. The van der Waals surface area contributed by atoms with Crippen LogP contribution >= 0.6 is 11.8 Å². The van der Waals surface area contributed by atoms with Crippen LogP contribution in [0.3, 0.4) is 0 Å². The minimum absolute atomic E-state index is 0.00132. The number of para-hydroxylation sites is 1. The van der Waals surface area contributed by atoms with Crippen LogP contribution in [-0.2, 0) is 11.0 Å². The number of benzene rings is 2. The van der Waals surface area contributed by atoms with E-state index in [4.69, 9.17) is 4.74 Å². The number of alkyl halides is 3. The topological polar surface area (TPSA) is 147 Å². The molecule has 2 aliphatic heterocycles. The summed E-state index contributed by atoms with van der Waals surface area (Å²) in [4.78, 5) is 44.1. The number of nitro benzene ring substituents is 1. The van der Waals surface area contributed by atoms with Crippen molar-refractivity contribution in [3.05, 3.63) is 64.2 Å². The molecule has 0 bridgehead atoms. The number of piperidine rings is 2. The highest BCUT2D eigenvalue weighted by Crippen LogP contribution is 2.38. The van der Waals surface area contributed by atoms with Gasteiger partial charge < -0.3 is 14.5 Å². The Morgan fingerprint density at radius 1 is 1.07 bits per heavy atom. The number of likely N-dealkylation sites (tertiary alicyclic amines) is 2. The lowest BCUT2D eigenvalue weighted by Gasteiger charge is -2.40. The molecule has 12 nitrogen and oxygen atoms in total. The zero-order valence-electron chi connectivity index (χ0n) is 25.0. The van der Waals surface area contributed by atoms with Crippen molar-refractivity contribution in [3.63, 3.8) is 0 Å². The zero-order chi connectivity index (χ0) is 32.8. The van der Waals surface area contributed by atoms with E-state index in [1.54, 1.807) is 4.90 Å². The van der Waals surface area contributed by atoms with Gasteiger partial charge in [0.15, 0.2) is 6.10 Å². The number of urea groups is 1. The zero-order valence-corrected chi connectivity index (χ0v) is 25.9. The summed E-state index contributed by atoms with van der Waals surface area (Å²) >= 11 is 0.707. The minimum Gasteiger partial charge on any atom is -0.481 e. The van der Waals surface area contributed by atoms with Gasteiger partial charge in [-0.05, 0) is 80.0 Å². The van der Waals surface area contributed by atoms with Gasteiger partial charge in [-0.15, -0.1) is 5.10 Å². The van der Waals surface area contributed by atoms with Crippen LogP contribution < -0.4 is 10.1 Å². The molecule has 1 atom stereocenters. The highest BCUT2D eigenvalue weighted by atomic mass is 32.2. The fraction of sp³-hybridized carbons (Fsp3) is 0.467. The molecule has 46 heavy (non-hydrogen) atoms. The van der Waals surface area contributed by atoms with Crippen molar-refractivity contribution >= 4 is 35.3 Å². The molecule has 2 saturated heterocycles. The smallest absolute Gasteiger partial charge is 0.416 e. The lowest BCUT2D eigenvalue weighted by atomic mass is 9.79. The molecule has 2 aromatic carbocycles. The third-order valence-corrected chi connectivity index (χ3v) is 9.32. The van der Waals surface area contributed by atoms with E-state index in [9.17, 15) is 32.9 Å². The number of H-pyrrole nitrogens is 1. The molecule has 0 saturated carbocycles. The lowest BCUT2D eigenvalue weighted by Crippen LogP contribution is -2.48. The second-order valence-corrected chi connectivity index (χ2v) is 12.3. The number of nitro groups is 1. The molecule has 3 aromatic rings. The monoisotopic (exact) mass is 661 g/mol. The third-order valence-electron chi connectivity index (χ3n) is 8.39. The van der Waals surface area contributed by atoms with Crippen LogP contribution in [-0.4, -0.2) is 74.1 Å². The highest BCUT2D eigenvalue weighted by Gasteiger charge is 2.35. The molecule has 246 valence electrons. The standard InChI is InChI=1S/C30H34F3N7O5S/c1-2-24(45-22-6-4-3-5-7-22)26(41)38-14-10-19(11-15-38)20-12-16-39(17-13-20)29(42)35-27-34-28(37-36-27)46-25-9-8-21(30(31,32)33)18-23(25)40(43)44/h3-9,18-20,24H,2,10-17H2,1H3,(H2,34,35,36,37,42). The Hall–Kier alpha value is -4.34. The van der Waals surface area contributed by atoms with Gasteiger partial charge in [-0.3, -0.25) is 20.2 Å². The van der Waals surface area contributed by atoms with Crippen LogP contribution in [0, 0.1) is 22.0 Å². The largest absolute Gasteiger partial charge is 0.481 e. The summed E-state index contributed by atoms with van der Waals surface area (Å²) in [7, 11) is 0. The summed E-state index contributed by atoms with van der Waals surface area (Å²) in [6.45, 7) is 4.40. The maximum Gasteiger partial charge on any atom is 0.416 e.